The highest BCUT2D eigenvalue weighted by atomic mass is 32.1. The first-order valence-corrected chi connectivity index (χ1v) is 6.17. The summed E-state index contributed by atoms with van der Waals surface area (Å²) in [7, 11) is 0. The molecule has 1 heterocycles. The smallest absolute Gasteiger partial charge is 0.166 e. The number of aromatic nitrogens is 1. The van der Waals surface area contributed by atoms with Gasteiger partial charge in [0.2, 0.25) is 0 Å². The number of nitrogens with zero attached hydrogens (tertiary/aromatic N) is 1. The van der Waals surface area contributed by atoms with Gasteiger partial charge in [0.1, 0.15) is 6.10 Å². The Labute approximate surface area is 94.5 Å². The van der Waals surface area contributed by atoms with E-state index in [1.54, 1.807) is 11.7 Å². The van der Waals surface area contributed by atoms with Crippen molar-refractivity contribution >= 4 is 17.1 Å². The molecule has 0 saturated carbocycles. The summed E-state index contributed by atoms with van der Waals surface area (Å²) in [5.41, 5.74) is 1.75. The third-order valence-electron chi connectivity index (χ3n) is 2.11. The Morgan fingerprint density at radius 2 is 2.40 bits per heavy atom. The molecule has 1 aromatic heterocycles. The molecule has 0 fully saturated rings. The van der Waals surface area contributed by atoms with E-state index in [2.05, 4.69) is 11.9 Å². The highest BCUT2D eigenvalue weighted by molar-refractivity contribution is 7.09. The molecular weight excluding hydrogens is 210 g/mol. The monoisotopic (exact) mass is 227 g/mol. The first kappa shape index (κ1) is 12.3. The number of carbonyl (C=O) groups excluding carboxylic acids is 1. The lowest BCUT2D eigenvalue weighted by Gasteiger charge is -2.14. The molecule has 0 saturated heterocycles. The second kappa shape index (κ2) is 6.69. The maximum Gasteiger partial charge on any atom is 0.166 e. The van der Waals surface area contributed by atoms with E-state index in [0.29, 0.717) is 13.0 Å². The number of ether oxygens (including phenoxy) is 1. The third-order valence-corrected chi connectivity index (χ3v) is 2.89. The molecule has 0 bridgehead atoms. The molecule has 4 heteroatoms. The van der Waals surface area contributed by atoms with E-state index >= 15 is 0 Å². The van der Waals surface area contributed by atoms with Crippen LogP contribution < -0.4 is 0 Å². The Morgan fingerprint density at radius 1 is 1.60 bits per heavy atom. The fourth-order valence-corrected chi connectivity index (χ4v) is 2.02. The normalized spacial score (nSPS) is 12.7. The van der Waals surface area contributed by atoms with Crippen LogP contribution in [-0.2, 0) is 16.0 Å². The Bertz CT molecular complexity index is 279. The van der Waals surface area contributed by atoms with Crippen molar-refractivity contribution < 1.29 is 9.53 Å². The van der Waals surface area contributed by atoms with Crippen LogP contribution in [0.5, 0.6) is 0 Å². The number of Topliss-reactive ketones (excluding diaryl/α,β-unsaturated/α-hetero) is 1. The van der Waals surface area contributed by atoms with Crippen LogP contribution in [0.25, 0.3) is 0 Å². The standard InChI is InChI=1S/C11H17NO2S/c1-3-5-11(14-4-2)10(13)6-9-7-12-8-15-9/h7-8,11H,3-6H2,1-2H3. The summed E-state index contributed by atoms with van der Waals surface area (Å²) in [5, 5.41) is 0. The van der Waals surface area contributed by atoms with Gasteiger partial charge < -0.3 is 4.74 Å². The molecule has 0 amide bonds. The van der Waals surface area contributed by atoms with Gasteiger partial charge in [-0.2, -0.15) is 0 Å². The molecule has 1 atom stereocenters. The van der Waals surface area contributed by atoms with Crippen molar-refractivity contribution in [2.45, 2.75) is 39.2 Å². The zero-order valence-electron chi connectivity index (χ0n) is 9.23. The minimum absolute atomic E-state index is 0.169. The molecular formula is C11H17NO2S. The second-order valence-corrected chi connectivity index (χ2v) is 4.31. The predicted octanol–water partition coefficient (Wildman–Crippen LogP) is 2.46. The summed E-state index contributed by atoms with van der Waals surface area (Å²) in [6.45, 7) is 4.58. The molecule has 0 radical (unpaired) electrons. The Hall–Kier alpha value is -0.740. The third kappa shape index (κ3) is 4.10. The van der Waals surface area contributed by atoms with Gasteiger partial charge in [-0.05, 0) is 13.3 Å². The summed E-state index contributed by atoms with van der Waals surface area (Å²) in [6, 6.07) is 0. The summed E-state index contributed by atoms with van der Waals surface area (Å²) in [6.07, 6.45) is 3.75. The molecule has 15 heavy (non-hydrogen) atoms. The van der Waals surface area contributed by atoms with Crippen LogP contribution in [0, 0.1) is 0 Å². The van der Waals surface area contributed by atoms with Crippen LogP contribution in [0.3, 0.4) is 0 Å². The lowest BCUT2D eigenvalue weighted by atomic mass is 10.1. The van der Waals surface area contributed by atoms with Gasteiger partial charge in [-0.3, -0.25) is 9.78 Å². The summed E-state index contributed by atoms with van der Waals surface area (Å²) in [4.78, 5) is 16.8. The quantitative estimate of drug-likeness (QED) is 0.718. The highest BCUT2D eigenvalue weighted by Crippen LogP contribution is 2.11. The summed E-state index contributed by atoms with van der Waals surface area (Å²) in [5.74, 6) is 0.169. The van der Waals surface area contributed by atoms with E-state index in [-0.39, 0.29) is 11.9 Å². The van der Waals surface area contributed by atoms with E-state index in [4.69, 9.17) is 4.74 Å². The van der Waals surface area contributed by atoms with Crippen molar-refractivity contribution in [1.82, 2.24) is 4.98 Å². The largest absolute Gasteiger partial charge is 0.371 e. The second-order valence-electron chi connectivity index (χ2n) is 3.34. The van der Waals surface area contributed by atoms with Gasteiger partial charge in [0, 0.05) is 24.1 Å². The van der Waals surface area contributed by atoms with Crippen molar-refractivity contribution in [3.63, 3.8) is 0 Å². The van der Waals surface area contributed by atoms with Crippen molar-refractivity contribution in [1.29, 1.82) is 0 Å². The fourth-order valence-electron chi connectivity index (χ4n) is 1.42. The predicted molar refractivity (Wildman–Crippen MR) is 61.1 cm³/mol. The molecule has 1 rings (SSSR count). The molecule has 0 spiro atoms. The van der Waals surface area contributed by atoms with Crippen LogP contribution in [0.2, 0.25) is 0 Å². The fraction of sp³-hybridized carbons (Fsp3) is 0.636. The number of hydrogen-bond donors (Lipinski definition) is 0. The lowest BCUT2D eigenvalue weighted by molar-refractivity contribution is -0.130. The summed E-state index contributed by atoms with van der Waals surface area (Å²) < 4.78 is 5.43. The average molecular weight is 227 g/mol. The first-order chi connectivity index (χ1) is 7.27. The van der Waals surface area contributed by atoms with Crippen LogP contribution in [0.1, 0.15) is 31.6 Å². The van der Waals surface area contributed by atoms with Crippen molar-refractivity contribution in [3.8, 4) is 0 Å². The maximum absolute atomic E-state index is 11.8. The van der Waals surface area contributed by atoms with E-state index < -0.39 is 0 Å². The molecule has 0 aromatic carbocycles. The van der Waals surface area contributed by atoms with Gasteiger partial charge in [0.15, 0.2) is 5.78 Å². The van der Waals surface area contributed by atoms with Gasteiger partial charge >= 0.3 is 0 Å². The first-order valence-electron chi connectivity index (χ1n) is 5.29. The zero-order valence-corrected chi connectivity index (χ0v) is 10.0. The number of hydrogen-bond acceptors (Lipinski definition) is 4. The molecule has 84 valence electrons. The number of rotatable bonds is 7. The number of ketones is 1. The van der Waals surface area contributed by atoms with E-state index in [1.807, 2.05) is 6.92 Å². The van der Waals surface area contributed by atoms with Gasteiger partial charge in [0.05, 0.1) is 5.51 Å². The molecule has 3 nitrogen and oxygen atoms in total. The van der Waals surface area contributed by atoms with Crippen LogP contribution in [0.4, 0.5) is 0 Å². The van der Waals surface area contributed by atoms with E-state index in [0.717, 1.165) is 17.7 Å². The molecule has 0 aliphatic heterocycles. The van der Waals surface area contributed by atoms with E-state index in [1.165, 1.54) is 11.3 Å². The molecule has 0 aliphatic carbocycles. The summed E-state index contributed by atoms with van der Waals surface area (Å²) >= 11 is 1.52. The Morgan fingerprint density at radius 3 is 2.93 bits per heavy atom. The molecule has 0 aliphatic rings. The van der Waals surface area contributed by atoms with Gasteiger partial charge in [0.25, 0.3) is 0 Å². The van der Waals surface area contributed by atoms with Crippen LogP contribution in [0.15, 0.2) is 11.7 Å². The van der Waals surface area contributed by atoms with Crippen LogP contribution in [-0.4, -0.2) is 23.5 Å². The lowest BCUT2D eigenvalue weighted by Crippen LogP contribution is -2.25. The van der Waals surface area contributed by atoms with Crippen LogP contribution >= 0.6 is 11.3 Å². The Kier molecular flexibility index (Phi) is 5.50. The van der Waals surface area contributed by atoms with Crippen molar-refractivity contribution in [2.24, 2.45) is 0 Å². The van der Waals surface area contributed by atoms with E-state index in [9.17, 15) is 4.79 Å². The van der Waals surface area contributed by atoms with Crippen molar-refractivity contribution in [2.75, 3.05) is 6.61 Å². The number of carbonyl (C=O) groups is 1. The molecule has 1 unspecified atom stereocenters. The highest BCUT2D eigenvalue weighted by Gasteiger charge is 2.18. The maximum atomic E-state index is 11.8. The zero-order chi connectivity index (χ0) is 11.1. The number of thiazole rings is 1. The van der Waals surface area contributed by atoms with Gasteiger partial charge in [-0.1, -0.05) is 13.3 Å². The average Bonchev–Trinajstić information content (AvgIpc) is 2.70. The minimum Gasteiger partial charge on any atom is -0.371 e. The topological polar surface area (TPSA) is 39.2 Å². The minimum atomic E-state index is -0.234. The Balaban J connectivity index is 2.48. The van der Waals surface area contributed by atoms with Crippen molar-refractivity contribution in [3.05, 3.63) is 16.6 Å². The van der Waals surface area contributed by atoms with Gasteiger partial charge in [-0.25, -0.2) is 0 Å². The molecule has 0 N–H and O–H groups in total. The SMILES string of the molecule is CCCC(OCC)C(=O)Cc1cncs1. The van der Waals surface area contributed by atoms with Gasteiger partial charge in [-0.15, -0.1) is 11.3 Å². The molecule has 1 aromatic rings.